The van der Waals surface area contributed by atoms with Crippen molar-refractivity contribution in [2.24, 2.45) is 0 Å². The van der Waals surface area contributed by atoms with Gasteiger partial charge in [0.25, 0.3) is 0 Å². The van der Waals surface area contributed by atoms with Crippen molar-refractivity contribution in [3.63, 3.8) is 0 Å². The Bertz CT molecular complexity index is 457. The number of rotatable bonds is 4. The van der Waals surface area contributed by atoms with Crippen LogP contribution in [-0.4, -0.2) is 32.7 Å². The Balaban J connectivity index is 2.68. The summed E-state index contributed by atoms with van der Waals surface area (Å²) in [7, 11) is -3.64. The highest BCUT2D eigenvalue weighted by Crippen LogP contribution is 2.21. The van der Waals surface area contributed by atoms with Crippen LogP contribution in [0.15, 0.2) is 24.3 Å². The Morgan fingerprint density at radius 3 is 2.25 bits per heavy atom. The van der Waals surface area contributed by atoms with Crippen molar-refractivity contribution >= 4 is 23.4 Å². The van der Waals surface area contributed by atoms with E-state index in [-0.39, 0.29) is 5.75 Å². The molecule has 0 radical (unpaired) electrons. The Morgan fingerprint density at radius 1 is 1.31 bits per heavy atom. The van der Waals surface area contributed by atoms with Crippen molar-refractivity contribution < 1.29 is 26.5 Å². The number of hydrogen-bond acceptors (Lipinski definition) is 3. The fourth-order valence-corrected chi connectivity index (χ4v) is 1.08. The first-order valence-electron chi connectivity index (χ1n) is 4.27. The Morgan fingerprint density at radius 2 is 1.81 bits per heavy atom. The summed E-state index contributed by atoms with van der Waals surface area (Å²) in [6.45, 7) is -1.42. The van der Waals surface area contributed by atoms with E-state index >= 15 is 0 Å². The van der Waals surface area contributed by atoms with Gasteiger partial charge in [0, 0.05) is 0 Å². The van der Waals surface area contributed by atoms with Crippen LogP contribution in [0.2, 0.25) is 0 Å². The van der Waals surface area contributed by atoms with Gasteiger partial charge in [-0.2, -0.15) is 17.2 Å². The van der Waals surface area contributed by atoms with Crippen molar-refractivity contribution in [3.8, 4) is 5.75 Å². The van der Waals surface area contributed by atoms with E-state index in [1.165, 1.54) is 12.1 Å². The quantitative estimate of drug-likeness (QED) is 0.594. The topological polar surface area (TPSA) is 63.6 Å². The number of ether oxygens (including phenoxy) is 1. The molecule has 0 saturated heterocycles. The van der Waals surface area contributed by atoms with Gasteiger partial charge in [-0.1, -0.05) is 17.6 Å². The largest absolute Gasteiger partial charge is 0.486 e. The lowest BCUT2D eigenvalue weighted by Gasteiger charge is -2.13. The van der Waals surface area contributed by atoms with Crippen molar-refractivity contribution in [2.75, 3.05) is 6.61 Å². The zero-order valence-corrected chi connectivity index (χ0v) is 9.17. The first kappa shape index (κ1) is 12.9. The summed E-state index contributed by atoms with van der Waals surface area (Å²) in [5, 5.41) is -4.31. The molecule has 1 rings (SSSR count). The van der Waals surface area contributed by atoms with Crippen LogP contribution in [0.1, 0.15) is 0 Å². The van der Waals surface area contributed by atoms with E-state index < -0.39 is 22.0 Å². The van der Waals surface area contributed by atoms with Crippen molar-refractivity contribution in [2.45, 2.75) is 5.25 Å². The first-order valence-corrected chi connectivity index (χ1v) is 5.71. The van der Waals surface area contributed by atoms with Gasteiger partial charge in [0.15, 0.2) is 6.61 Å². The van der Waals surface area contributed by atoms with E-state index in [0.717, 1.165) is 5.46 Å². The van der Waals surface area contributed by atoms with Crippen molar-refractivity contribution in [1.82, 2.24) is 0 Å². The molecule has 88 valence electrons. The zero-order valence-electron chi connectivity index (χ0n) is 8.35. The van der Waals surface area contributed by atoms with E-state index in [1.54, 1.807) is 20.0 Å². The third-order valence-electron chi connectivity index (χ3n) is 1.81. The second-order valence-corrected chi connectivity index (χ2v) is 4.76. The molecular formula is C8H9BF2O4S. The molecule has 0 aliphatic rings. The van der Waals surface area contributed by atoms with Crippen LogP contribution in [0.4, 0.5) is 8.78 Å². The molecule has 0 unspecified atom stereocenters. The fraction of sp³-hybridized carbons (Fsp3) is 0.250. The Hall–Kier alpha value is -1.15. The minimum Gasteiger partial charge on any atom is -0.486 e. The minimum absolute atomic E-state index is 0.105. The number of halogens is 2. The summed E-state index contributed by atoms with van der Waals surface area (Å²) in [6, 6.07) is 6.10. The highest BCUT2D eigenvalue weighted by atomic mass is 32.2. The van der Waals surface area contributed by atoms with Crippen LogP contribution in [0, 0.1) is 0 Å². The lowest BCUT2D eigenvalue weighted by molar-refractivity contribution is 0.0288. The van der Waals surface area contributed by atoms with Crippen molar-refractivity contribution in [3.05, 3.63) is 24.3 Å². The first-order chi connectivity index (χ1) is 7.22. The predicted molar refractivity (Wildman–Crippen MR) is 56.6 cm³/mol. The SMILES string of the molecule is Bc1ccc(OCC(F)(F)S(=O)(=O)O)cc1. The van der Waals surface area contributed by atoms with Crippen LogP contribution < -0.4 is 10.2 Å². The van der Waals surface area contributed by atoms with E-state index in [1.807, 2.05) is 0 Å². The third-order valence-corrected chi connectivity index (χ3v) is 2.68. The molecular weight excluding hydrogens is 241 g/mol. The summed E-state index contributed by atoms with van der Waals surface area (Å²) in [5.74, 6) is 0.105. The summed E-state index contributed by atoms with van der Waals surface area (Å²) in [6.07, 6.45) is 0. The van der Waals surface area contributed by atoms with Gasteiger partial charge < -0.3 is 4.74 Å². The van der Waals surface area contributed by atoms with Gasteiger partial charge in [-0.15, -0.1) is 0 Å². The monoisotopic (exact) mass is 250 g/mol. The molecule has 0 amide bonds. The molecule has 1 aromatic rings. The van der Waals surface area contributed by atoms with Crippen LogP contribution in [0.25, 0.3) is 0 Å². The molecule has 0 aliphatic carbocycles. The van der Waals surface area contributed by atoms with Gasteiger partial charge in [0.1, 0.15) is 13.6 Å². The van der Waals surface area contributed by atoms with E-state index in [4.69, 9.17) is 4.55 Å². The number of alkyl halides is 2. The predicted octanol–water partition coefficient (Wildman–Crippen LogP) is -0.196. The highest BCUT2D eigenvalue weighted by Gasteiger charge is 2.45. The minimum atomic E-state index is -5.44. The summed E-state index contributed by atoms with van der Waals surface area (Å²) in [5.41, 5.74) is 0.911. The molecule has 1 aromatic carbocycles. The smallest absolute Gasteiger partial charge is 0.402 e. The lowest BCUT2D eigenvalue weighted by Crippen LogP contribution is -2.34. The number of benzene rings is 1. The van der Waals surface area contributed by atoms with Gasteiger partial charge in [-0.05, 0) is 12.1 Å². The van der Waals surface area contributed by atoms with Crippen LogP contribution in [0.5, 0.6) is 5.75 Å². The fourth-order valence-electron chi connectivity index (χ4n) is 0.876. The van der Waals surface area contributed by atoms with E-state index in [0.29, 0.717) is 0 Å². The summed E-state index contributed by atoms with van der Waals surface area (Å²) < 4.78 is 58.7. The van der Waals surface area contributed by atoms with Crippen molar-refractivity contribution in [1.29, 1.82) is 0 Å². The second-order valence-electron chi connectivity index (χ2n) is 3.21. The van der Waals surface area contributed by atoms with Gasteiger partial charge >= 0.3 is 15.4 Å². The maximum Gasteiger partial charge on any atom is 0.402 e. The molecule has 0 spiro atoms. The third kappa shape index (κ3) is 3.17. The van der Waals surface area contributed by atoms with Gasteiger partial charge in [0.05, 0.1) is 0 Å². The molecule has 0 atom stereocenters. The second kappa shape index (κ2) is 4.38. The standard InChI is InChI=1S/C8H9BF2O4S/c9-6-1-3-7(4-2-6)15-5-8(10,11)16(12,13)14/h1-4H,5,9H2,(H,12,13,14). The van der Waals surface area contributed by atoms with Crippen LogP contribution in [-0.2, 0) is 10.1 Å². The van der Waals surface area contributed by atoms with Gasteiger partial charge in [0.2, 0.25) is 0 Å². The summed E-state index contributed by atoms with van der Waals surface area (Å²) in [4.78, 5) is 0. The average Bonchev–Trinajstić information content (AvgIpc) is 2.15. The lowest BCUT2D eigenvalue weighted by atomic mass is 9.97. The number of hydrogen-bond donors (Lipinski definition) is 1. The molecule has 8 heteroatoms. The normalized spacial score (nSPS) is 12.4. The zero-order chi connectivity index (χ0) is 12.4. The summed E-state index contributed by atoms with van der Waals surface area (Å²) >= 11 is 0. The molecule has 0 aliphatic heterocycles. The molecule has 0 saturated carbocycles. The molecule has 0 fully saturated rings. The van der Waals surface area contributed by atoms with E-state index in [2.05, 4.69) is 4.74 Å². The van der Waals surface area contributed by atoms with Gasteiger partial charge in [-0.3, -0.25) is 4.55 Å². The van der Waals surface area contributed by atoms with Crippen LogP contribution in [0.3, 0.4) is 0 Å². The maximum atomic E-state index is 12.7. The average molecular weight is 250 g/mol. The molecule has 1 N–H and O–H groups in total. The van der Waals surface area contributed by atoms with Gasteiger partial charge in [-0.25, -0.2) is 0 Å². The Labute approximate surface area is 92.4 Å². The highest BCUT2D eigenvalue weighted by molar-refractivity contribution is 7.86. The Kier molecular flexibility index (Phi) is 3.54. The maximum absolute atomic E-state index is 12.7. The van der Waals surface area contributed by atoms with Crippen LogP contribution >= 0.6 is 0 Å². The molecule has 4 nitrogen and oxygen atoms in total. The molecule has 0 heterocycles. The molecule has 16 heavy (non-hydrogen) atoms. The molecule has 0 bridgehead atoms. The molecule has 0 aromatic heterocycles. The van der Waals surface area contributed by atoms with E-state index in [9.17, 15) is 17.2 Å².